The molecule has 1 N–H and O–H groups in total. The molecule has 1 unspecified atom stereocenters. The molecule has 14 heavy (non-hydrogen) atoms. The van der Waals surface area contributed by atoms with Crippen molar-refractivity contribution >= 4 is 0 Å². The van der Waals surface area contributed by atoms with Crippen molar-refractivity contribution in [2.75, 3.05) is 19.6 Å². The first kappa shape index (κ1) is 9.53. The van der Waals surface area contributed by atoms with Crippen molar-refractivity contribution in [2.45, 2.75) is 13.0 Å². The molecule has 0 saturated carbocycles. The van der Waals surface area contributed by atoms with Gasteiger partial charge in [-0.15, -0.1) is 0 Å². The zero-order chi connectivity index (χ0) is 9.97. The maximum absolute atomic E-state index is 4.21. The Kier molecular flexibility index (Phi) is 2.73. The average Bonchev–Trinajstić information content (AvgIpc) is 2.70. The van der Waals surface area contributed by atoms with Crippen molar-refractivity contribution in [2.24, 2.45) is 5.92 Å². The van der Waals surface area contributed by atoms with Gasteiger partial charge in [-0.25, -0.2) is 0 Å². The molecule has 1 fully saturated rings. The zero-order valence-electron chi connectivity index (χ0n) is 8.74. The topological polar surface area (TPSA) is 15.3 Å². The molecule has 76 valence electrons. The molecular weight excluding hydrogens is 172 g/mol. The first-order valence-electron chi connectivity index (χ1n) is 5.30. The molecule has 2 aliphatic rings. The molecule has 1 saturated heterocycles. The lowest BCUT2D eigenvalue weighted by molar-refractivity contribution is 0.214. The van der Waals surface area contributed by atoms with E-state index in [0.717, 1.165) is 19.6 Å². The molecule has 0 bridgehead atoms. The molecular formula is C12H18N2. The number of piperazine rings is 1. The van der Waals surface area contributed by atoms with Gasteiger partial charge in [-0.2, -0.15) is 0 Å². The van der Waals surface area contributed by atoms with Crippen LogP contribution < -0.4 is 5.32 Å². The van der Waals surface area contributed by atoms with Crippen molar-refractivity contribution in [1.82, 2.24) is 10.2 Å². The molecule has 0 spiro atoms. The van der Waals surface area contributed by atoms with E-state index in [4.69, 9.17) is 0 Å². The minimum atomic E-state index is 0.426. The molecule has 0 aromatic rings. The van der Waals surface area contributed by atoms with E-state index >= 15 is 0 Å². The molecule has 1 aliphatic heterocycles. The van der Waals surface area contributed by atoms with Crippen molar-refractivity contribution in [3.05, 3.63) is 36.6 Å². The van der Waals surface area contributed by atoms with Gasteiger partial charge in [-0.1, -0.05) is 30.9 Å². The van der Waals surface area contributed by atoms with E-state index in [9.17, 15) is 0 Å². The Labute approximate surface area is 86.0 Å². The van der Waals surface area contributed by atoms with Crippen LogP contribution in [0, 0.1) is 5.92 Å². The lowest BCUT2D eigenvalue weighted by Gasteiger charge is -2.38. The minimum absolute atomic E-state index is 0.426. The smallest absolute Gasteiger partial charge is 0.0384 e. The number of rotatable bonds is 2. The van der Waals surface area contributed by atoms with E-state index in [1.165, 1.54) is 5.70 Å². The average molecular weight is 190 g/mol. The predicted molar refractivity (Wildman–Crippen MR) is 59.9 cm³/mol. The van der Waals surface area contributed by atoms with E-state index in [1.807, 2.05) is 0 Å². The molecule has 0 aromatic heterocycles. The van der Waals surface area contributed by atoms with Crippen LogP contribution in [0.4, 0.5) is 0 Å². The van der Waals surface area contributed by atoms with Crippen LogP contribution in [0.2, 0.25) is 0 Å². The van der Waals surface area contributed by atoms with Crippen LogP contribution in [0.1, 0.15) is 6.92 Å². The monoisotopic (exact) mass is 190 g/mol. The van der Waals surface area contributed by atoms with Gasteiger partial charge in [-0.3, -0.25) is 0 Å². The van der Waals surface area contributed by atoms with Gasteiger partial charge in [-0.05, 0) is 6.92 Å². The number of hydrogen-bond donors (Lipinski definition) is 1. The van der Waals surface area contributed by atoms with E-state index in [-0.39, 0.29) is 0 Å². The summed E-state index contributed by atoms with van der Waals surface area (Å²) in [6, 6.07) is 0.568. The minimum Gasteiger partial charge on any atom is -0.369 e. The second-order valence-electron chi connectivity index (χ2n) is 4.03. The van der Waals surface area contributed by atoms with Crippen LogP contribution in [0.3, 0.4) is 0 Å². The molecule has 1 heterocycles. The first-order chi connectivity index (χ1) is 6.79. The molecule has 0 amide bonds. The largest absolute Gasteiger partial charge is 0.369 e. The summed E-state index contributed by atoms with van der Waals surface area (Å²) in [5.41, 5.74) is 1.24. The summed E-state index contributed by atoms with van der Waals surface area (Å²) in [6.45, 7) is 9.68. The van der Waals surface area contributed by atoms with Crippen LogP contribution >= 0.6 is 0 Å². The van der Waals surface area contributed by atoms with Gasteiger partial charge in [0, 0.05) is 37.3 Å². The normalized spacial score (nSPS) is 27.2. The highest BCUT2D eigenvalue weighted by molar-refractivity contribution is 5.27. The summed E-state index contributed by atoms with van der Waals surface area (Å²) < 4.78 is 0. The predicted octanol–water partition coefficient (Wildman–Crippen LogP) is 1.54. The maximum Gasteiger partial charge on any atom is 0.0384 e. The standard InChI is InChI=1S/C12H18N2/c1-10-9-13-7-8-14(10)11(2)12-5-3-4-6-12/h3-6,10,12-13H,2,7-9H2,1H3. The van der Waals surface area contributed by atoms with Gasteiger partial charge < -0.3 is 10.2 Å². The highest BCUT2D eigenvalue weighted by Gasteiger charge is 2.22. The summed E-state index contributed by atoms with van der Waals surface area (Å²) in [7, 11) is 0. The third-order valence-electron chi connectivity index (χ3n) is 3.00. The SMILES string of the molecule is C=C(C1C=CC=C1)N1CCNCC1C. The third-order valence-corrected chi connectivity index (χ3v) is 3.00. The summed E-state index contributed by atoms with van der Waals surface area (Å²) in [5, 5.41) is 3.39. The fourth-order valence-corrected chi connectivity index (χ4v) is 2.11. The fourth-order valence-electron chi connectivity index (χ4n) is 2.11. The van der Waals surface area contributed by atoms with Gasteiger partial charge in [0.25, 0.3) is 0 Å². The molecule has 2 nitrogen and oxygen atoms in total. The lowest BCUT2D eigenvalue weighted by Crippen LogP contribution is -2.49. The summed E-state index contributed by atoms with van der Waals surface area (Å²) >= 11 is 0. The molecule has 2 rings (SSSR count). The molecule has 1 aliphatic carbocycles. The fraction of sp³-hybridized carbons (Fsp3) is 0.500. The van der Waals surface area contributed by atoms with E-state index in [1.54, 1.807) is 0 Å². The Morgan fingerprint density at radius 2 is 2.14 bits per heavy atom. The summed E-state index contributed by atoms with van der Waals surface area (Å²) in [6.07, 6.45) is 8.61. The van der Waals surface area contributed by atoms with Gasteiger partial charge in [0.05, 0.1) is 0 Å². The van der Waals surface area contributed by atoms with Crippen LogP contribution in [0.25, 0.3) is 0 Å². The summed E-state index contributed by atoms with van der Waals surface area (Å²) in [5.74, 6) is 0.426. The third kappa shape index (κ3) is 1.75. The van der Waals surface area contributed by atoms with Gasteiger partial charge >= 0.3 is 0 Å². The summed E-state index contributed by atoms with van der Waals surface area (Å²) in [4.78, 5) is 2.42. The second-order valence-corrected chi connectivity index (χ2v) is 4.03. The van der Waals surface area contributed by atoms with Crippen molar-refractivity contribution in [3.63, 3.8) is 0 Å². The Hall–Kier alpha value is -1.02. The van der Waals surface area contributed by atoms with Crippen molar-refractivity contribution in [1.29, 1.82) is 0 Å². The second kappa shape index (κ2) is 4.01. The molecule has 0 radical (unpaired) electrons. The number of nitrogens with zero attached hydrogens (tertiary/aromatic N) is 1. The van der Waals surface area contributed by atoms with Crippen LogP contribution in [-0.4, -0.2) is 30.6 Å². The zero-order valence-corrected chi connectivity index (χ0v) is 8.74. The molecule has 0 aromatic carbocycles. The highest BCUT2D eigenvalue weighted by atomic mass is 15.2. The number of nitrogens with one attached hydrogen (secondary N) is 1. The number of hydrogen-bond acceptors (Lipinski definition) is 2. The van der Waals surface area contributed by atoms with Gasteiger partial charge in [0.2, 0.25) is 0 Å². The maximum atomic E-state index is 4.21. The Balaban J connectivity index is 2.02. The Morgan fingerprint density at radius 1 is 1.43 bits per heavy atom. The van der Waals surface area contributed by atoms with E-state index in [2.05, 4.69) is 48.0 Å². The van der Waals surface area contributed by atoms with Crippen molar-refractivity contribution in [3.8, 4) is 0 Å². The van der Waals surface area contributed by atoms with Crippen molar-refractivity contribution < 1.29 is 0 Å². The molecule has 2 heteroatoms. The quantitative estimate of drug-likeness (QED) is 0.710. The van der Waals surface area contributed by atoms with E-state index < -0.39 is 0 Å². The Morgan fingerprint density at radius 3 is 2.79 bits per heavy atom. The van der Waals surface area contributed by atoms with Gasteiger partial charge in [0.1, 0.15) is 0 Å². The highest BCUT2D eigenvalue weighted by Crippen LogP contribution is 2.23. The molecule has 1 atom stereocenters. The lowest BCUT2D eigenvalue weighted by atomic mass is 10.0. The number of allylic oxidation sites excluding steroid dienone is 3. The van der Waals surface area contributed by atoms with Crippen LogP contribution in [0.15, 0.2) is 36.6 Å². The Bertz CT molecular complexity index is 266. The van der Waals surface area contributed by atoms with Crippen LogP contribution in [-0.2, 0) is 0 Å². The van der Waals surface area contributed by atoms with E-state index in [0.29, 0.717) is 12.0 Å². The first-order valence-corrected chi connectivity index (χ1v) is 5.30. The van der Waals surface area contributed by atoms with Crippen LogP contribution in [0.5, 0.6) is 0 Å². The van der Waals surface area contributed by atoms with Gasteiger partial charge in [0.15, 0.2) is 0 Å².